The van der Waals surface area contributed by atoms with Gasteiger partial charge in [0.15, 0.2) is 0 Å². The van der Waals surface area contributed by atoms with Gasteiger partial charge in [0.1, 0.15) is 0 Å². The van der Waals surface area contributed by atoms with Crippen molar-refractivity contribution in [3.8, 4) is 0 Å². The molecule has 0 saturated heterocycles. The van der Waals surface area contributed by atoms with Gasteiger partial charge in [-0.25, -0.2) is 0 Å². The highest BCUT2D eigenvalue weighted by Gasteiger charge is 2.41. The minimum Gasteiger partial charge on any atom is -0.385 e. The lowest BCUT2D eigenvalue weighted by Crippen LogP contribution is -2.24. The maximum Gasteiger partial charge on any atom is 0.270 e. The first-order chi connectivity index (χ1) is 9.56. The summed E-state index contributed by atoms with van der Waals surface area (Å²) in [4.78, 5) is 10.3. The van der Waals surface area contributed by atoms with E-state index in [4.69, 9.17) is 4.74 Å². The van der Waals surface area contributed by atoms with Gasteiger partial charge in [-0.2, -0.15) is 0 Å². The molecular weight excluding hydrogens is 324 g/mol. The third-order valence-corrected chi connectivity index (χ3v) is 4.59. The first-order valence-corrected chi connectivity index (χ1v) is 7.48. The van der Waals surface area contributed by atoms with E-state index in [0.717, 1.165) is 29.6 Å². The number of ether oxygens (including phenoxy) is 1. The predicted octanol–water partition coefficient (Wildman–Crippen LogP) is 3.26. The van der Waals surface area contributed by atoms with Gasteiger partial charge in [0.25, 0.3) is 5.69 Å². The van der Waals surface area contributed by atoms with Crippen molar-refractivity contribution in [2.45, 2.75) is 25.8 Å². The molecule has 1 aliphatic rings. The Bertz CT molecular complexity index is 489. The number of non-ortho nitro benzene ring substituents is 1. The lowest BCUT2D eigenvalue weighted by molar-refractivity contribution is -0.384. The Kier molecular flexibility index (Phi) is 5.12. The Morgan fingerprint density at radius 3 is 2.80 bits per heavy atom. The van der Waals surface area contributed by atoms with Crippen LogP contribution in [-0.2, 0) is 11.3 Å². The minimum atomic E-state index is -0.383. The number of nitrogens with zero attached hydrogens (tertiary/aromatic N) is 1. The summed E-state index contributed by atoms with van der Waals surface area (Å²) < 4.78 is 5.92. The molecule has 110 valence electrons. The van der Waals surface area contributed by atoms with Gasteiger partial charge in [0.2, 0.25) is 0 Å². The van der Waals surface area contributed by atoms with Gasteiger partial charge < -0.3 is 10.1 Å². The molecule has 2 rings (SSSR count). The van der Waals surface area contributed by atoms with Crippen LogP contribution in [0, 0.1) is 15.5 Å². The molecule has 1 aromatic rings. The second-order valence-corrected chi connectivity index (χ2v) is 6.23. The van der Waals surface area contributed by atoms with Crippen LogP contribution in [0.25, 0.3) is 0 Å². The molecular formula is C14H19BrN2O3. The number of nitrogens with one attached hydrogen (secondary N) is 1. The van der Waals surface area contributed by atoms with Crippen LogP contribution in [0.5, 0.6) is 0 Å². The number of hydrogen-bond donors (Lipinski definition) is 1. The molecule has 5 nitrogen and oxygen atoms in total. The number of hydrogen-bond acceptors (Lipinski definition) is 4. The van der Waals surface area contributed by atoms with Crippen molar-refractivity contribution >= 4 is 21.6 Å². The van der Waals surface area contributed by atoms with Gasteiger partial charge in [-0.15, -0.1) is 0 Å². The van der Waals surface area contributed by atoms with E-state index in [0.29, 0.717) is 12.0 Å². The van der Waals surface area contributed by atoms with Crippen LogP contribution in [0.15, 0.2) is 22.7 Å². The summed E-state index contributed by atoms with van der Waals surface area (Å²) in [5.41, 5.74) is 1.56. The van der Waals surface area contributed by atoms with E-state index in [9.17, 15) is 10.1 Å². The second-order valence-electron chi connectivity index (χ2n) is 5.38. The highest BCUT2D eigenvalue weighted by molar-refractivity contribution is 9.10. The van der Waals surface area contributed by atoms with Crippen LogP contribution in [0.4, 0.5) is 5.69 Å². The molecule has 0 aromatic heterocycles. The van der Waals surface area contributed by atoms with E-state index in [1.54, 1.807) is 25.3 Å². The Morgan fingerprint density at radius 2 is 2.25 bits per heavy atom. The third-order valence-electron chi connectivity index (χ3n) is 3.86. The molecule has 0 heterocycles. The number of nitro groups is 1. The molecule has 20 heavy (non-hydrogen) atoms. The van der Waals surface area contributed by atoms with Gasteiger partial charge in [0.05, 0.1) is 4.92 Å². The Balaban J connectivity index is 1.84. The van der Waals surface area contributed by atoms with Crippen molar-refractivity contribution in [3.63, 3.8) is 0 Å². The van der Waals surface area contributed by atoms with E-state index in [1.165, 1.54) is 12.8 Å². The van der Waals surface area contributed by atoms with Gasteiger partial charge >= 0.3 is 0 Å². The maximum atomic E-state index is 10.7. The lowest BCUT2D eigenvalue weighted by Gasteiger charge is -2.15. The topological polar surface area (TPSA) is 64.4 Å². The van der Waals surface area contributed by atoms with Crippen LogP contribution in [0.1, 0.15) is 24.8 Å². The van der Waals surface area contributed by atoms with E-state index in [2.05, 4.69) is 21.2 Å². The Hall–Kier alpha value is -0.980. The van der Waals surface area contributed by atoms with Gasteiger partial charge in [-0.3, -0.25) is 10.1 Å². The van der Waals surface area contributed by atoms with E-state index in [-0.39, 0.29) is 10.6 Å². The molecule has 0 radical (unpaired) electrons. The highest BCUT2D eigenvalue weighted by Crippen LogP contribution is 2.48. The SMILES string of the molecule is COCCC1(CNCc2ccc([N+](=O)[O-])cc2Br)CC1. The van der Waals surface area contributed by atoms with Crippen LogP contribution in [0.3, 0.4) is 0 Å². The highest BCUT2D eigenvalue weighted by atomic mass is 79.9. The molecule has 1 aromatic carbocycles. The minimum absolute atomic E-state index is 0.111. The zero-order valence-corrected chi connectivity index (χ0v) is 13.1. The Labute approximate surface area is 127 Å². The number of halogens is 1. The van der Waals surface area contributed by atoms with Crippen LogP contribution >= 0.6 is 15.9 Å². The van der Waals surface area contributed by atoms with Crippen molar-refractivity contribution in [1.29, 1.82) is 0 Å². The summed E-state index contributed by atoms with van der Waals surface area (Å²) in [6.45, 7) is 2.50. The molecule has 0 atom stereocenters. The summed E-state index contributed by atoms with van der Waals surface area (Å²) >= 11 is 3.39. The monoisotopic (exact) mass is 342 g/mol. The molecule has 0 aliphatic heterocycles. The van der Waals surface area contributed by atoms with Crippen molar-refractivity contribution < 1.29 is 9.66 Å². The van der Waals surface area contributed by atoms with Crippen LogP contribution < -0.4 is 5.32 Å². The molecule has 6 heteroatoms. The maximum absolute atomic E-state index is 10.7. The molecule has 1 N–H and O–H groups in total. The van der Waals surface area contributed by atoms with Gasteiger partial charge in [-0.1, -0.05) is 15.9 Å². The van der Waals surface area contributed by atoms with Crippen LogP contribution in [-0.4, -0.2) is 25.2 Å². The zero-order valence-electron chi connectivity index (χ0n) is 11.5. The van der Waals surface area contributed by atoms with E-state index in [1.807, 2.05) is 0 Å². The predicted molar refractivity (Wildman–Crippen MR) is 80.7 cm³/mol. The molecule has 0 spiro atoms. The van der Waals surface area contributed by atoms with Crippen molar-refractivity contribution in [2.24, 2.45) is 5.41 Å². The fraction of sp³-hybridized carbons (Fsp3) is 0.571. The largest absolute Gasteiger partial charge is 0.385 e. The molecule has 1 fully saturated rings. The Morgan fingerprint density at radius 1 is 1.50 bits per heavy atom. The number of benzene rings is 1. The standard InChI is InChI=1S/C14H19BrN2O3/c1-20-7-6-14(4-5-14)10-16-9-11-2-3-12(17(18)19)8-13(11)15/h2-3,8,16H,4-7,9-10H2,1H3. The molecule has 0 amide bonds. The second kappa shape index (κ2) is 6.65. The zero-order chi connectivity index (χ0) is 14.6. The normalized spacial score (nSPS) is 16.1. The first-order valence-electron chi connectivity index (χ1n) is 6.69. The summed E-state index contributed by atoms with van der Waals surface area (Å²) in [5.74, 6) is 0. The van der Waals surface area contributed by atoms with Gasteiger partial charge in [0, 0.05) is 43.4 Å². The molecule has 1 aliphatic carbocycles. The summed E-state index contributed by atoms with van der Waals surface area (Å²) in [6.07, 6.45) is 3.60. The van der Waals surface area contributed by atoms with E-state index >= 15 is 0 Å². The fourth-order valence-corrected chi connectivity index (χ4v) is 2.77. The summed E-state index contributed by atoms with van der Waals surface area (Å²) in [7, 11) is 1.73. The van der Waals surface area contributed by atoms with Gasteiger partial charge in [-0.05, 0) is 36.3 Å². The average Bonchev–Trinajstić information content (AvgIpc) is 3.18. The fourth-order valence-electron chi connectivity index (χ4n) is 2.27. The average molecular weight is 343 g/mol. The quantitative estimate of drug-likeness (QED) is 0.581. The summed E-state index contributed by atoms with van der Waals surface area (Å²) in [6, 6.07) is 4.89. The van der Waals surface area contributed by atoms with Crippen LogP contribution in [0.2, 0.25) is 0 Å². The number of rotatable bonds is 8. The van der Waals surface area contributed by atoms with Crippen molar-refractivity contribution in [2.75, 3.05) is 20.3 Å². The smallest absolute Gasteiger partial charge is 0.270 e. The first kappa shape index (κ1) is 15.4. The molecule has 1 saturated carbocycles. The van der Waals surface area contributed by atoms with Crippen molar-refractivity contribution in [1.82, 2.24) is 5.32 Å². The molecule has 0 unspecified atom stereocenters. The van der Waals surface area contributed by atoms with Crippen molar-refractivity contribution in [3.05, 3.63) is 38.3 Å². The van der Waals surface area contributed by atoms with E-state index < -0.39 is 0 Å². The molecule has 0 bridgehead atoms. The number of methoxy groups -OCH3 is 1. The lowest BCUT2D eigenvalue weighted by atomic mass is 10.0. The number of nitro benzene ring substituents is 1. The third kappa shape index (κ3) is 4.01. The summed E-state index contributed by atoms with van der Waals surface area (Å²) in [5, 5.41) is 14.1.